The highest BCUT2D eigenvalue weighted by atomic mass is 35.5. The summed E-state index contributed by atoms with van der Waals surface area (Å²) in [5.41, 5.74) is -1.46. The van der Waals surface area contributed by atoms with Gasteiger partial charge in [0.1, 0.15) is 0 Å². The van der Waals surface area contributed by atoms with Crippen molar-refractivity contribution >= 4 is 29.5 Å². The minimum Gasteiger partial charge on any atom is -0.446 e. The third kappa shape index (κ3) is 3.30. The molecule has 0 aromatic carbocycles. The standard InChI is InChI=1S/C24H33ClO7/c1-4-30-21(29)32-24(20(28)31-13-25)10-8-17-16-6-5-14-11-15(26)7-9-22(14,2)19(16)18(27)12-23(17,24)3/h11,16-19,27H,4-10,12-13H2,1-3H3/t16-,17-,18?,19+,22-,23-,24?/m0/s1. The van der Waals surface area contributed by atoms with Crippen molar-refractivity contribution in [1.29, 1.82) is 0 Å². The van der Waals surface area contributed by atoms with Crippen molar-refractivity contribution < 1.29 is 33.7 Å². The normalized spacial score (nSPS) is 42.8. The second-order valence-corrected chi connectivity index (χ2v) is 10.5. The Morgan fingerprint density at radius 1 is 1.19 bits per heavy atom. The van der Waals surface area contributed by atoms with Gasteiger partial charge in [0.15, 0.2) is 11.8 Å². The number of carbonyl (C=O) groups is 3. The van der Waals surface area contributed by atoms with E-state index in [4.69, 9.17) is 25.8 Å². The molecular formula is C24H33ClO7. The van der Waals surface area contributed by atoms with Crippen molar-refractivity contribution in [1.82, 2.24) is 0 Å². The molecule has 2 unspecified atom stereocenters. The Balaban J connectivity index is 1.72. The number of aliphatic hydroxyl groups excluding tert-OH is 1. The number of ketones is 1. The monoisotopic (exact) mass is 468 g/mol. The highest BCUT2D eigenvalue weighted by molar-refractivity contribution is 6.17. The fraction of sp³-hybridized carbons (Fsp3) is 0.792. The molecule has 0 radical (unpaired) electrons. The third-order valence-corrected chi connectivity index (χ3v) is 9.16. The summed E-state index contributed by atoms with van der Waals surface area (Å²) in [4.78, 5) is 37.6. The Morgan fingerprint density at radius 3 is 2.62 bits per heavy atom. The molecule has 4 rings (SSSR count). The molecule has 8 heteroatoms. The number of hydrogen-bond acceptors (Lipinski definition) is 7. The SMILES string of the molecule is CCOC(=O)OC1(C(=O)OCCl)CC[C@H]2[C@@H]3CCC4=CC(=O)CC[C@]4(C)[C@H]3C(O)C[C@@]21C. The summed E-state index contributed by atoms with van der Waals surface area (Å²) in [6.45, 7) is 5.89. The van der Waals surface area contributed by atoms with Gasteiger partial charge in [0, 0.05) is 11.8 Å². The van der Waals surface area contributed by atoms with Crippen LogP contribution in [0.5, 0.6) is 0 Å². The van der Waals surface area contributed by atoms with Gasteiger partial charge in [-0.25, -0.2) is 9.59 Å². The van der Waals surface area contributed by atoms with Crippen molar-refractivity contribution in [2.24, 2.45) is 28.6 Å². The molecule has 7 nitrogen and oxygen atoms in total. The first-order valence-corrected chi connectivity index (χ1v) is 12.2. The second kappa shape index (κ2) is 8.32. The number of carbonyl (C=O) groups excluding carboxylic acids is 3. The van der Waals surface area contributed by atoms with Crippen LogP contribution in [0.1, 0.15) is 65.7 Å². The maximum Gasteiger partial charge on any atom is 0.509 e. The Morgan fingerprint density at radius 2 is 1.94 bits per heavy atom. The Hall–Kier alpha value is -1.60. The molecule has 0 aliphatic heterocycles. The number of halogens is 1. The maximum absolute atomic E-state index is 13.2. The highest BCUT2D eigenvalue weighted by Gasteiger charge is 2.71. The van der Waals surface area contributed by atoms with Crippen LogP contribution in [-0.4, -0.2) is 47.4 Å². The molecule has 0 bridgehead atoms. The van der Waals surface area contributed by atoms with Gasteiger partial charge in [-0.3, -0.25) is 4.79 Å². The van der Waals surface area contributed by atoms with Gasteiger partial charge < -0.3 is 19.3 Å². The molecule has 178 valence electrons. The van der Waals surface area contributed by atoms with E-state index >= 15 is 0 Å². The van der Waals surface area contributed by atoms with Gasteiger partial charge >= 0.3 is 12.1 Å². The predicted octanol–water partition coefficient (Wildman–Crippen LogP) is 4.14. The van der Waals surface area contributed by atoms with Gasteiger partial charge in [-0.1, -0.05) is 31.0 Å². The smallest absolute Gasteiger partial charge is 0.446 e. The Kier molecular flexibility index (Phi) is 6.12. The van der Waals surface area contributed by atoms with E-state index in [9.17, 15) is 19.5 Å². The summed E-state index contributed by atoms with van der Waals surface area (Å²) < 4.78 is 15.9. The van der Waals surface area contributed by atoms with E-state index in [1.165, 1.54) is 0 Å². The summed E-state index contributed by atoms with van der Waals surface area (Å²) in [6.07, 6.45) is 4.32. The van der Waals surface area contributed by atoms with Crippen molar-refractivity contribution in [2.45, 2.75) is 77.4 Å². The molecule has 7 atom stereocenters. The first-order valence-electron chi connectivity index (χ1n) is 11.6. The van der Waals surface area contributed by atoms with Crippen LogP contribution in [0.4, 0.5) is 4.79 Å². The van der Waals surface area contributed by atoms with Crippen LogP contribution < -0.4 is 0 Å². The minimum atomic E-state index is -1.55. The first kappa shape index (κ1) is 23.6. The summed E-state index contributed by atoms with van der Waals surface area (Å²) in [5.74, 6) is -0.310. The van der Waals surface area contributed by atoms with E-state index in [0.29, 0.717) is 25.7 Å². The first-order chi connectivity index (χ1) is 15.1. The van der Waals surface area contributed by atoms with E-state index in [2.05, 4.69) is 6.92 Å². The second-order valence-electron chi connectivity index (χ2n) is 10.3. The van der Waals surface area contributed by atoms with Crippen LogP contribution in [0.15, 0.2) is 11.6 Å². The number of hydrogen-bond donors (Lipinski definition) is 1. The van der Waals surface area contributed by atoms with Crippen molar-refractivity contribution in [3.63, 3.8) is 0 Å². The van der Waals surface area contributed by atoms with Gasteiger partial charge in [-0.05, 0) is 74.7 Å². The Labute approximate surface area is 193 Å². The van der Waals surface area contributed by atoms with Gasteiger partial charge in [-0.15, -0.1) is 0 Å². The molecule has 4 aliphatic rings. The minimum absolute atomic E-state index is 0.00360. The summed E-state index contributed by atoms with van der Waals surface area (Å²) in [5, 5.41) is 11.5. The zero-order valence-electron chi connectivity index (χ0n) is 19.0. The number of alkyl halides is 1. The van der Waals surface area contributed by atoms with Crippen molar-refractivity contribution in [2.75, 3.05) is 12.7 Å². The van der Waals surface area contributed by atoms with E-state index < -0.39 is 29.2 Å². The molecule has 0 saturated heterocycles. The van der Waals surface area contributed by atoms with Crippen LogP contribution in [0.25, 0.3) is 0 Å². The van der Waals surface area contributed by atoms with Crippen LogP contribution in [-0.2, 0) is 23.8 Å². The lowest BCUT2D eigenvalue weighted by molar-refractivity contribution is -0.202. The molecular weight excluding hydrogens is 436 g/mol. The largest absolute Gasteiger partial charge is 0.509 e. The number of esters is 1. The summed E-state index contributed by atoms with van der Waals surface area (Å²) in [6, 6.07) is -0.345. The molecule has 3 fully saturated rings. The number of ether oxygens (including phenoxy) is 3. The Bertz CT molecular complexity index is 840. The fourth-order valence-electron chi connectivity index (χ4n) is 7.68. The lowest BCUT2D eigenvalue weighted by Crippen LogP contribution is -2.63. The summed E-state index contributed by atoms with van der Waals surface area (Å²) >= 11 is 5.70. The quantitative estimate of drug-likeness (QED) is 0.489. The van der Waals surface area contributed by atoms with E-state index in [1.807, 2.05) is 6.92 Å². The average molecular weight is 469 g/mol. The van der Waals surface area contributed by atoms with Crippen molar-refractivity contribution in [3.05, 3.63) is 11.6 Å². The third-order valence-electron chi connectivity index (χ3n) is 9.05. The van der Waals surface area contributed by atoms with Crippen LogP contribution in [0, 0.1) is 28.6 Å². The molecule has 4 aliphatic carbocycles. The van der Waals surface area contributed by atoms with E-state index in [-0.39, 0.29) is 41.6 Å². The molecule has 0 aromatic heterocycles. The zero-order valence-corrected chi connectivity index (χ0v) is 19.8. The molecule has 0 heterocycles. The lowest BCUT2D eigenvalue weighted by atomic mass is 9.45. The van der Waals surface area contributed by atoms with Crippen molar-refractivity contribution in [3.8, 4) is 0 Å². The molecule has 32 heavy (non-hydrogen) atoms. The molecule has 0 amide bonds. The maximum atomic E-state index is 13.2. The van der Waals surface area contributed by atoms with Gasteiger partial charge in [0.05, 0.1) is 12.7 Å². The lowest BCUT2D eigenvalue weighted by Gasteiger charge is -2.60. The van der Waals surface area contributed by atoms with E-state index in [0.717, 1.165) is 24.8 Å². The van der Waals surface area contributed by atoms with Gasteiger partial charge in [0.25, 0.3) is 0 Å². The van der Waals surface area contributed by atoms with Gasteiger partial charge in [-0.2, -0.15) is 0 Å². The fourth-order valence-corrected chi connectivity index (χ4v) is 7.77. The van der Waals surface area contributed by atoms with Crippen LogP contribution in [0.3, 0.4) is 0 Å². The number of aliphatic hydroxyl groups is 1. The molecule has 0 spiro atoms. The number of fused-ring (bicyclic) bond motifs is 5. The van der Waals surface area contributed by atoms with Crippen LogP contribution in [0.2, 0.25) is 0 Å². The molecule has 1 N–H and O–H groups in total. The zero-order chi connectivity index (χ0) is 23.3. The number of allylic oxidation sites excluding steroid dienone is 1. The number of rotatable bonds is 4. The average Bonchev–Trinajstić information content (AvgIpc) is 3.01. The van der Waals surface area contributed by atoms with E-state index in [1.54, 1.807) is 13.0 Å². The van der Waals surface area contributed by atoms with Crippen LogP contribution >= 0.6 is 11.6 Å². The van der Waals surface area contributed by atoms with Gasteiger partial charge in [0.2, 0.25) is 5.60 Å². The highest BCUT2D eigenvalue weighted by Crippen LogP contribution is 2.68. The molecule has 3 saturated carbocycles. The molecule has 0 aromatic rings. The predicted molar refractivity (Wildman–Crippen MR) is 116 cm³/mol. The topological polar surface area (TPSA) is 99.1 Å². The summed E-state index contributed by atoms with van der Waals surface area (Å²) in [7, 11) is 0.